The molecule has 1 aliphatic carbocycles. The Kier molecular flexibility index (Phi) is 2.84. The molecule has 1 aromatic heterocycles. The van der Waals surface area contributed by atoms with Crippen molar-refractivity contribution in [2.24, 2.45) is 0 Å². The Bertz CT molecular complexity index is 955. The number of carbonyl (C=O) groups is 2. The zero-order valence-electron chi connectivity index (χ0n) is 13.5. The molecule has 1 N–H and O–H groups in total. The van der Waals surface area contributed by atoms with E-state index in [-0.39, 0.29) is 11.7 Å². The molecular weight excluding hydrogens is 322 g/mol. The van der Waals surface area contributed by atoms with Gasteiger partial charge in [-0.15, -0.1) is 0 Å². The lowest BCUT2D eigenvalue weighted by molar-refractivity contribution is -0.116. The van der Waals surface area contributed by atoms with Crippen molar-refractivity contribution in [1.82, 2.24) is 9.88 Å². The summed E-state index contributed by atoms with van der Waals surface area (Å²) in [6.45, 7) is 2.86. The predicted molar refractivity (Wildman–Crippen MR) is 89.8 cm³/mol. The standard InChI is InChI=1S/C18H15N3O4/c1-2-11-13-5-10(3-4-12(13)16(11)22)21-9-25-15-6-14(19-17(15)21)18(23)20-7-24-8-20/h2-6,19H,7-9H2,1H3/b11-2+. The van der Waals surface area contributed by atoms with E-state index in [9.17, 15) is 9.59 Å². The zero-order chi connectivity index (χ0) is 17.1. The summed E-state index contributed by atoms with van der Waals surface area (Å²) in [5.74, 6) is 1.38. The number of aromatic nitrogens is 1. The number of nitrogens with zero attached hydrogens (tertiary/aromatic N) is 2. The van der Waals surface area contributed by atoms with Crippen molar-refractivity contribution in [3.8, 4) is 5.75 Å². The minimum Gasteiger partial charge on any atom is -0.469 e. The van der Waals surface area contributed by atoms with E-state index in [4.69, 9.17) is 9.47 Å². The molecule has 0 unspecified atom stereocenters. The molecule has 126 valence electrons. The number of amides is 1. The van der Waals surface area contributed by atoms with Crippen molar-refractivity contribution in [3.05, 3.63) is 47.2 Å². The molecule has 0 spiro atoms. The Hall–Kier alpha value is -3.06. The first-order valence-electron chi connectivity index (χ1n) is 8.03. The van der Waals surface area contributed by atoms with Gasteiger partial charge in [0.25, 0.3) is 5.91 Å². The van der Waals surface area contributed by atoms with Crippen LogP contribution in [0.5, 0.6) is 5.75 Å². The SMILES string of the molecule is C/C=C1/C(=O)c2ccc(N3COc4cc(C(=O)N5COC5)[nH]c43)cc21. The lowest BCUT2D eigenvalue weighted by Gasteiger charge is -2.30. The molecule has 3 heterocycles. The van der Waals surface area contributed by atoms with Crippen molar-refractivity contribution in [3.63, 3.8) is 0 Å². The number of rotatable bonds is 2. The normalized spacial score (nSPS) is 19.2. The maximum Gasteiger partial charge on any atom is 0.274 e. The number of H-pyrrole nitrogens is 1. The van der Waals surface area contributed by atoms with Crippen LogP contribution in [-0.2, 0) is 4.74 Å². The van der Waals surface area contributed by atoms with E-state index in [2.05, 4.69) is 4.98 Å². The smallest absolute Gasteiger partial charge is 0.274 e. The maximum absolute atomic E-state index is 12.3. The van der Waals surface area contributed by atoms with Gasteiger partial charge < -0.3 is 14.5 Å². The van der Waals surface area contributed by atoms with Crippen molar-refractivity contribution in [1.29, 1.82) is 0 Å². The average Bonchev–Trinajstić information content (AvgIpc) is 3.13. The van der Waals surface area contributed by atoms with Gasteiger partial charge in [-0.05, 0) is 30.7 Å². The van der Waals surface area contributed by atoms with Gasteiger partial charge in [-0.1, -0.05) is 6.08 Å². The van der Waals surface area contributed by atoms with E-state index in [0.717, 1.165) is 28.2 Å². The number of nitrogens with one attached hydrogen (secondary N) is 1. The molecule has 5 rings (SSSR count). The summed E-state index contributed by atoms with van der Waals surface area (Å²) in [4.78, 5) is 30.9. The van der Waals surface area contributed by atoms with Crippen LogP contribution in [0.4, 0.5) is 11.5 Å². The van der Waals surface area contributed by atoms with E-state index in [1.165, 1.54) is 0 Å². The van der Waals surface area contributed by atoms with Gasteiger partial charge in [-0.25, -0.2) is 0 Å². The third kappa shape index (κ3) is 1.90. The number of aromatic amines is 1. The number of hydrogen-bond donors (Lipinski definition) is 1. The van der Waals surface area contributed by atoms with Gasteiger partial charge in [-0.2, -0.15) is 0 Å². The second kappa shape index (κ2) is 4.97. The highest BCUT2D eigenvalue weighted by Gasteiger charge is 2.33. The fourth-order valence-corrected chi connectivity index (χ4v) is 3.34. The molecule has 0 saturated carbocycles. The number of Topliss-reactive ketones (excluding diaryl/α,β-unsaturated/α-hetero) is 1. The number of ketones is 1. The number of ether oxygens (including phenoxy) is 2. The molecule has 1 amide bonds. The van der Waals surface area contributed by atoms with Crippen molar-refractivity contribution in [2.75, 3.05) is 25.1 Å². The lowest BCUT2D eigenvalue weighted by Crippen LogP contribution is -2.44. The Morgan fingerprint density at radius 2 is 2.04 bits per heavy atom. The minimum atomic E-state index is -0.108. The summed E-state index contributed by atoms with van der Waals surface area (Å²) in [6, 6.07) is 7.44. The monoisotopic (exact) mass is 337 g/mol. The minimum absolute atomic E-state index is 0.0898. The van der Waals surface area contributed by atoms with Crippen LogP contribution in [0.15, 0.2) is 30.3 Å². The quantitative estimate of drug-likeness (QED) is 0.852. The van der Waals surface area contributed by atoms with Gasteiger partial charge in [0.2, 0.25) is 0 Å². The Morgan fingerprint density at radius 3 is 2.76 bits per heavy atom. The van der Waals surface area contributed by atoms with Crippen LogP contribution in [0, 0.1) is 0 Å². The summed E-state index contributed by atoms with van der Waals surface area (Å²) in [5.41, 5.74) is 3.84. The van der Waals surface area contributed by atoms with Crippen molar-refractivity contribution < 1.29 is 19.1 Å². The molecule has 1 aromatic carbocycles. The molecule has 0 radical (unpaired) electrons. The third-order valence-corrected chi connectivity index (χ3v) is 4.78. The highest BCUT2D eigenvalue weighted by Crippen LogP contribution is 2.42. The molecule has 7 nitrogen and oxygen atoms in total. The predicted octanol–water partition coefficient (Wildman–Crippen LogP) is 2.49. The summed E-state index contributed by atoms with van der Waals surface area (Å²) in [6.07, 6.45) is 1.83. The van der Waals surface area contributed by atoms with E-state index in [0.29, 0.717) is 31.6 Å². The van der Waals surface area contributed by atoms with Crippen LogP contribution in [-0.4, -0.2) is 41.8 Å². The average molecular weight is 337 g/mol. The number of fused-ring (bicyclic) bond motifs is 2. The molecule has 2 aliphatic heterocycles. The second-order valence-electron chi connectivity index (χ2n) is 6.17. The molecule has 2 aromatic rings. The summed E-state index contributed by atoms with van der Waals surface area (Å²) >= 11 is 0. The van der Waals surface area contributed by atoms with Crippen LogP contribution in [0.2, 0.25) is 0 Å². The number of carbonyl (C=O) groups excluding carboxylic acids is 2. The van der Waals surface area contributed by atoms with Gasteiger partial charge in [0.05, 0.1) is 0 Å². The van der Waals surface area contributed by atoms with E-state index in [1.54, 1.807) is 11.0 Å². The molecule has 0 bridgehead atoms. The maximum atomic E-state index is 12.3. The van der Waals surface area contributed by atoms with Gasteiger partial charge in [-0.3, -0.25) is 19.4 Å². The Balaban J connectivity index is 1.48. The van der Waals surface area contributed by atoms with Crippen LogP contribution >= 0.6 is 0 Å². The Labute approximate surface area is 143 Å². The zero-order valence-corrected chi connectivity index (χ0v) is 13.5. The highest BCUT2D eigenvalue weighted by atomic mass is 16.5. The summed E-state index contributed by atoms with van der Waals surface area (Å²) in [5, 5.41) is 0. The number of hydrogen-bond acceptors (Lipinski definition) is 5. The van der Waals surface area contributed by atoms with Crippen molar-refractivity contribution in [2.45, 2.75) is 6.92 Å². The number of allylic oxidation sites excluding steroid dienone is 2. The molecule has 0 atom stereocenters. The van der Waals surface area contributed by atoms with E-state index in [1.807, 2.05) is 36.1 Å². The first-order valence-corrected chi connectivity index (χ1v) is 8.03. The van der Waals surface area contributed by atoms with Crippen LogP contribution in [0.3, 0.4) is 0 Å². The molecule has 7 heteroatoms. The second-order valence-corrected chi connectivity index (χ2v) is 6.17. The highest BCUT2D eigenvalue weighted by molar-refractivity contribution is 6.39. The molecule has 25 heavy (non-hydrogen) atoms. The van der Waals surface area contributed by atoms with Gasteiger partial charge in [0, 0.05) is 22.9 Å². The van der Waals surface area contributed by atoms with Crippen molar-refractivity contribution >= 4 is 28.8 Å². The number of anilines is 2. The Morgan fingerprint density at radius 1 is 1.20 bits per heavy atom. The largest absolute Gasteiger partial charge is 0.469 e. The van der Waals surface area contributed by atoms with E-state index < -0.39 is 0 Å². The van der Waals surface area contributed by atoms with Crippen LogP contribution in [0.25, 0.3) is 5.57 Å². The topological polar surface area (TPSA) is 74.9 Å². The van der Waals surface area contributed by atoms with E-state index >= 15 is 0 Å². The molecule has 1 saturated heterocycles. The van der Waals surface area contributed by atoms with Gasteiger partial charge in [0.1, 0.15) is 19.2 Å². The molecular formula is C18H15N3O4. The lowest BCUT2D eigenvalue weighted by atomic mass is 9.81. The van der Waals surface area contributed by atoms with Crippen LogP contribution in [0.1, 0.15) is 33.3 Å². The third-order valence-electron chi connectivity index (χ3n) is 4.78. The molecule has 1 fully saturated rings. The summed E-state index contributed by atoms with van der Waals surface area (Å²) < 4.78 is 10.7. The first-order chi connectivity index (χ1) is 12.2. The first kappa shape index (κ1) is 14.3. The fourth-order valence-electron chi connectivity index (χ4n) is 3.34. The van der Waals surface area contributed by atoms with Crippen LogP contribution < -0.4 is 9.64 Å². The van der Waals surface area contributed by atoms with Gasteiger partial charge in [0.15, 0.2) is 24.1 Å². The summed E-state index contributed by atoms with van der Waals surface area (Å²) in [7, 11) is 0. The number of benzene rings is 1. The molecule has 3 aliphatic rings. The fraction of sp³-hybridized carbons (Fsp3) is 0.222. The van der Waals surface area contributed by atoms with Gasteiger partial charge >= 0.3 is 0 Å².